The van der Waals surface area contributed by atoms with Gasteiger partial charge in [-0.15, -0.1) is 0 Å². The molecule has 0 amide bonds. The SMILES string of the molecule is O=C(Oc1ccc(I)cc1)c1ccccc1I. The van der Waals surface area contributed by atoms with Gasteiger partial charge < -0.3 is 4.74 Å². The smallest absolute Gasteiger partial charge is 0.344 e. The molecule has 0 atom stereocenters. The molecule has 2 aromatic rings. The monoisotopic (exact) mass is 450 g/mol. The van der Waals surface area contributed by atoms with Gasteiger partial charge in [-0.05, 0) is 81.6 Å². The molecule has 0 saturated carbocycles. The molecule has 2 nitrogen and oxygen atoms in total. The fourth-order valence-corrected chi connectivity index (χ4v) is 2.26. The van der Waals surface area contributed by atoms with Crippen molar-refractivity contribution >= 4 is 51.2 Å². The van der Waals surface area contributed by atoms with Crippen molar-refractivity contribution in [1.82, 2.24) is 0 Å². The van der Waals surface area contributed by atoms with E-state index < -0.39 is 0 Å². The van der Waals surface area contributed by atoms with Crippen LogP contribution in [0.3, 0.4) is 0 Å². The van der Waals surface area contributed by atoms with Crippen molar-refractivity contribution in [2.45, 2.75) is 0 Å². The Morgan fingerprint density at radius 3 is 2.24 bits per heavy atom. The van der Waals surface area contributed by atoms with Gasteiger partial charge >= 0.3 is 5.97 Å². The maximum atomic E-state index is 11.9. The first kappa shape index (κ1) is 12.8. The molecule has 2 aromatic carbocycles. The molecule has 0 fully saturated rings. The number of benzene rings is 2. The summed E-state index contributed by atoms with van der Waals surface area (Å²) in [5, 5.41) is 0. The molecule has 0 spiro atoms. The first-order chi connectivity index (χ1) is 8.16. The van der Waals surface area contributed by atoms with Crippen molar-refractivity contribution in [2.75, 3.05) is 0 Å². The van der Waals surface area contributed by atoms with Crippen molar-refractivity contribution < 1.29 is 9.53 Å². The average Bonchev–Trinajstić information content (AvgIpc) is 2.32. The molecule has 0 aromatic heterocycles. The third-order valence-electron chi connectivity index (χ3n) is 2.12. The van der Waals surface area contributed by atoms with E-state index in [0.717, 1.165) is 7.14 Å². The first-order valence-corrected chi connectivity index (χ1v) is 7.05. The van der Waals surface area contributed by atoms with E-state index in [4.69, 9.17) is 4.74 Å². The minimum absolute atomic E-state index is 0.323. The zero-order valence-electron chi connectivity index (χ0n) is 8.69. The summed E-state index contributed by atoms with van der Waals surface area (Å²) in [4.78, 5) is 11.9. The van der Waals surface area contributed by atoms with Crippen molar-refractivity contribution in [3.63, 3.8) is 0 Å². The van der Waals surface area contributed by atoms with Crippen molar-refractivity contribution in [1.29, 1.82) is 0 Å². The van der Waals surface area contributed by atoms with Crippen molar-refractivity contribution in [3.05, 3.63) is 61.2 Å². The molecule has 0 N–H and O–H groups in total. The third-order valence-corrected chi connectivity index (χ3v) is 3.78. The second-order valence-electron chi connectivity index (χ2n) is 3.32. The number of esters is 1. The molecule has 0 radical (unpaired) electrons. The summed E-state index contributed by atoms with van der Waals surface area (Å²) in [7, 11) is 0. The predicted octanol–water partition coefficient (Wildman–Crippen LogP) is 4.12. The molecule has 0 saturated heterocycles. The highest BCUT2D eigenvalue weighted by molar-refractivity contribution is 14.1. The molecule has 0 aliphatic heterocycles. The Hall–Kier alpha value is -0.630. The van der Waals surface area contributed by atoms with E-state index in [2.05, 4.69) is 45.2 Å². The molecule has 0 heterocycles. The van der Waals surface area contributed by atoms with Gasteiger partial charge in [-0.2, -0.15) is 0 Å². The summed E-state index contributed by atoms with van der Waals surface area (Å²) >= 11 is 4.33. The summed E-state index contributed by atoms with van der Waals surface area (Å²) < 4.78 is 7.29. The van der Waals surface area contributed by atoms with Crippen LogP contribution in [0.2, 0.25) is 0 Å². The molecule has 0 unspecified atom stereocenters. The lowest BCUT2D eigenvalue weighted by molar-refractivity contribution is 0.0733. The van der Waals surface area contributed by atoms with Crippen LogP contribution in [-0.2, 0) is 0 Å². The van der Waals surface area contributed by atoms with Gasteiger partial charge in [-0.3, -0.25) is 0 Å². The molecule has 4 heteroatoms. The zero-order valence-corrected chi connectivity index (χ0v) is 13.0. The molecule has 2 rings (SSSR count). The van der Waals surface area contributed by atoms with Gasteiger partial charge in [0, 0.05) is 7.14 Å². The van der Waals surface area contributed by atoms with E-state index in [-0.39, 0.29) is 5.97 Å². The number of halogens is 2. The van der Waals surface area contributed by atoms with E-state index in [1.165, 1.54) is 0 Å². The Balaban J connectivity index is 2.17. The summed E-state index contributed by atoms with van der Waals surface area (Å²) in [6.45, 7) is 0. The molecule has 86 valence electrons. The van der Waals surface area contributed by atoms with Crippen LogP contribution < -0.4 is 4.74 Å². The van der Waals surface area contributed by atoms with Gasteiger partial charge in [-0.25, -0.2) is 4.79 Å². The number of carbonyl (C=O) groups is 1. The summed E-state index contributed by atoms with van der Waals surface area (Å²) in [5.41, 5.74) is 0.589. The summed E-state index contributed by atoms with van der Waals surface area (Å²) in [6, 6.07) is 14.7. The predicted molar refractivity (Wildman–Crippen MR) is 83.3 cm³/mol. The fraction of sp³-hybridized carbons (Fsp3) is 0. The minimum atomic E-state index is -0.323. The van der Waals surface area contributed by atoms with Crippen molar-refractivity contribution in [2.24, 2.45) is 0 Å². The Morgan fingerprint density at radius 2 is 1.59 bits per heavy atom. The number of ether oxygens (including phenoxy) is 1. The highest BCUT2D eigenvalue weighted by Gasteiger charge is 2.11. The number of rotatable bonds is 2. The van der Waals surface area contributed by atoms with E-state index in [0.29, 0.717) is 11.3 Å². The van der Waals surface area contributed by atoms with Crippen LogP contribution in [0.15, 0.2) is 48.5 Å². The summed E-state index contributed by atoms with van der Waals surface area (Å²) in [5.74, 6) is 0.242. The largest absolute Gasteiger partial charge is 0.423 e. The molecule has 0 aliphatic rings. The zero-order chi connectivity index (χ0) is 12.3. The van der Waals surface area contributed by atoms with E-state index >= 15 is 0 Å². The second kappa shape index (κ2) is 5.81. The van der Waals surface area contributed by atoms with E-state index in [1.54, 1.807) is 18.2 Å². The lowest BCUT2D eigenvalue weighted by atomic mass is 10.2. The van der Waals surface area contributed by atoms with Crippen LogP contribution >= 0.6 is 45.2 Å². The Kier molecular flexibility index (Phi) is 4.38. The van der Waals surface area contributed by atoms with E-state index in [9.17, 15) is 4.79 Å². The average molecular weight is 450 g/mol. The number of hydrogen-bond acceptors (Lipinski definition) is 2. The first-order valence-electron chi connectivity index (χ1n) is 4.89. The standard InChI is InChI=1S/C13H8I2O2/c14-9-5-7-10(8-6-9)17-13(16)11-3-1-2-4-12(11)15/h1-8H. The van der Waals surface area contributed by atoms with E-state index in [1.807, 2.05) is 30.3 Å². The quantitative estimate of drug-likeness (QED) is 0.391. The van der Waals surface area contributed by atoms with Crippen LogP contribution in [0.25, 0.3) is 0 Å². The maximum Gasteiger partial charge on any atom is 0.344 e. The van der Waals surface area contributed by atoms with Crippen LogP contribution in [0.1, 0.15) is 10.4 Å². The normalized spacial score (nSPS) is 10.0. The number of hydrogen-bond donors (Lipinski definition) is 0. The van der Waals surface area contributed by atoms with Crippen LogP contribution in [0.5, 0.6) is 5.75 Å². The van der Waals surface area contributed by atoms with Crippen LogP contribution in [0, 0.1) is 7.14 Å². The summed E-state index contributed by atoms with van der Waals surface area (Å²) in [6.07, 6.45) is 0. The van der Waals surface area contributed by atoms with Gasteiger partial charge in [0.1, 0.15) is 5.75 Å². The van der Waals surface area contributed by atoms with Crippen molar-refractivity contribution in [3.8, 4) is 5.75 Å². The van der Waals surface area contributed by atoms with Gasteiger partial charge in [-0.1, -0.05) is 12.1 Å². The topological polar surface area (TPSA) is 26.3 Å². The van der Waals surface area contributed by atoms with Gasteiger partial charge in [0.2, 0.25) is 0 Å². The Morgan fingerprint density at radius 1 is 0.941 bits per heavy atom. The lowest BCUT2D eigenvalue weighted by Gasteiger charge is -2.05. The highest BCUT2D eigenvalue weighted by atomic mass is 127. The van der Waals surface area contributed by atoms with Gasteiger partial charge in [0.15, 0.2) is 0 Å². The number of carbonyl (C=O) groups excluding carboxylic acids is 1. The lowest BCUT2D eigenvalue weighted by Crippen LogP contribution is -2.09. The Bertz CT molecular complexity index is 535. The molecule has 17 heavy (non-hydrogen) atoms. The molecular weight excluding hydrogens is 442 g/mol. The third kappa shape index (κ3) is 3.41. The molecule has 0 bridgehead atoms. The minimum Gasteiger partial charge on any atom is -0.423 e. The van der Waals surface area contributed by atoms with Crippen LogP contribution in [-0.4, -0.2) is 5.97 Å². The molecule has 0 aliphatic carbocycles. The van der Waals surface area contributed by atoms with Gasteiger partial charge in [0.05, 0.1) is 5.56 Å². The highest BCUT2D eigenvalue weighted by Crippen LogP contribution is 2.17. The fourth-order valence-electron chi connectivity index (χ4n) is 1.29. The maximum absolute atomic E-state index is 11.9. The Labute approximate surface area is 127 Å². The van der Waals surface area contributed by atoms with Gasteiger partial charge in [0.25, 0.3) is 0 Å². The van der Waals surface area contributed by atoms with Crippen LogP contribution in [0.4, 0.5) is 0 Å². The second-order valence-corrected chi connectivity index (χ2v) is 5.73. The molecular formula is C13H8I2O2.